The van der Waals surface area contributed by atoms with E-state index in [9.17, 15) is 10.2 Å². The van der Waals surface area contributed by atoms with Gasteiger partial charge in [0.05, 0.1) is 10.0 Å². The average molecular weight is 370 g/mol. The summed E-state index contributed by atoms with van der Waals surface area (Å²) in [5, 5.41) is 21.1. The molecule has 2 rings (SSSR count). The molecular formula is C13H9Cl4O2P. The van der Waals surface area contributed by atoms with Crippen molar-refractivity contribution < 1.29 is 10.2 Å². The Labute approximate surface area is 138 Å². The molecular weight excluding hydrogens is 361 g/mol. The van der Waals surface area contributed by atoms with Gasteiger partial charge in [-0.15, -0.1) is 9.24 Å². The first-order valence-electron chi connectivity index (χ1n) is 5.42. The molecule has 1 unspecified atom stereocenters. The predicted octanol–water partition coefficient (Wildman–Crippen LogP) is 5.68. The molecule has 0 radical (unpaired) electrons. The zero-order valence-electron chi connectivity index (χ0n) is 9.87. The molecule has 0 aliphatic carbocycles. The van der Waals surface area contributed by atoms with Gasteiger partial charge in [-0.05, 0) is 24.3 Å². The highest BCUT2D eigenvalue weighted by Gasteiger charge is 2.21. The molecule has 2 aromatic rings. The largest absolute Gasteiger partial charge is 0.506 e. The number of phenolic OH excluding ortho intramolecular Hbond substituents is 2. The summed E-state index contributed by atoms with van der Waals surface area (Å²) in [5.41, 5.74) is 0.421. The molecule has 0 saturated heterocycles. The van der Waals surface area contributed by atoms with Crippen LogP contribution in [0.1, 0.15) is 16.8 Å². The summed E-state index contributed by atoms with van der Waals surface area (Å²) in [7, 11) is 2.49. The van der Waals surface area contributed by atoms with Gasteiger partial charge in [0, 0.05) is 26.8 Å². The predicted molar refractivity (Wildman–Crippen MR) is 87.8 cm³/mol. The Balaban J connectivity index is 2.60. The van der Waals surface area contributed by atoms with E-state index in [4.69, 9.17) is 46.4 Å². The van der Waals surface area contributed by atoms with Gasteiger partial charge in [-0.25, -0.2) is 0 Å². The lowest BCUT2D eigenvalue weighted by molar-refractivity contribution is 0.462. The highest BCUT2D eigenvalue weighted by atomic mass is 35.5. The minimum Gasteiger partial charge on any atom is -0.506 e. The average Bonchev–Trinajstić information content (AvgIpc) is 2.37. The Morgan fingerprint density at radius 2 is 1.10 bits per heavy atom. The van der Waals surface area contributed by atoms with Crippen molar-refractivity contribution in [3.8, 4) is 11.5 Å². The van der Waals surface area contributed by atoms with Gasteiger partial charge in [0.1, 0.15) is 11.5 Å². The maximum atomic E-state index is 10.0. The van der Waals surface area contributed by atoms with Crippen LogP contribution in [0.2, 0.25) is 20.1 Å². The van der Waals surface area contributed by atoms with E-state index in [-0.39, 0.29) is 21.5 Å². The third-order valence-electron chi connectivity index (χ3n) is 2.79. The number of rotatable bonds is 2. The van der Waals surface area contributed by atoms with Crippen LogP contribution in [-0.4, -0.2) is 10.2 Å². The first-order valence-corrected chi connectivity index (χ1v) is 7.60. The molecule has 0 amide bonds. The second-order valence-electron chi connectivity index (χ2n) is 4.13. The van der Waals surface area contributed by atoms with E-state index in [0.29, 0.717) is 21.2 Å². The molecule has 0 aromatic heterocycles. The first kappa shape index (κ1) is 16.0. The van der Waals surface area contributed by atoms with E-state index >= 15 is 0 Å². The Bertz CT molecular complexity index is 618. The molecule has 0 aliphatic rings. The number of hydrogen-bond donors (Lipinski definition) is 2. The maximum Gasteiger partial charge on any atom is 0.138 e. The van der Waals surface area contributed by atoms with Crippen LogP contribution in [0.15, 0.2) is 24.3 Å². The normalized spacial score (nSPS) is 11.1. The van der Waals surface area contributed by atoms with E-state index < -0.39 is 5.66 Å². The maximum absolute atomic E-state index is 10.0. The van der Waals surface area contributed by atoms with Gasteiger partial charge in [0.25, 0.3) is 0 Å². The topological polar surface area (TPSA) is 40.5 Å². The molecule has 20 heavy (non-hydrogen) atoms. The van der Waals surface area contributed by atoms with Gasteiger partial charge < -0.3 is 10.2 Å². The monoisotopic (exact) mass is 368 g/mol. The molecule has 0 heterocycles. The summed E-state index contributed by atoms with van der Waals surface area (Å²) >= 11 is 23.7. The second kappa shape index (κ2) is 6.17. The van der Waals surface area contributed by atoms with Crippen molar-refractivity contribution >= 4 is 55.6 Å². The smallest absolute Gasteiger partial charge is 0.138 e. The number of aromatic hydroxyl groups is 2. The minimum atomic E-state index is -0.470. The standard InChI is InChI=1S/C13H9Cl4O2P/c14-5-1-7(11(18)9(16)3-5)13(20)8-2-6(15)4-10(17)12(8)19/h1-4,13,18-19H,20H2. The fourth-order valence-electron chi connectivity index (χ4n) is 1.81. The van der Waals surface area contributed by atoms with Crippen LogP contribution < -0.4 is 0 Å². The summed E-state index contributed by atoms with van der Waals surface area (Å²) in [4.78, 5) is 0. The zero-order valence-corrected chi connectivity index (χ0v) is 14.0. The van der Waals surface area contributed by atoms with Crippen LogP contribution in [-0.2, 0) is 0 Å². The Hall–Kier alpha value is -0.370. The van der Waals surface area contributed by atoms with Crippen LogP contribution in [0.4, 0.5) is 0 Å². The molecule has 0 fully saturated rings. The molecule has 0 aliphatic heterocycles. The van der Waals surface area contributed by atoms with Crippen LogP contribution >= 0.6 is 55.6 Å². The van der Waals surface area contributed by atoms with Crippen molar-refractivity contribution in [1.82, 2.24) is 0 Å². The van der Waals surface area contributed by atoms with Crippen LogP contribution in [0.3, 0.4) is 0 Å². The fraction of sp³-hybridized carbons (Fsp3) is 0.0769. The van der Waals surface area contributed by atoms with Crippen LogP contribution in [0.5, 0.6) is 11.5 Å². The minimum absolute atomic E-state index is 0.105. The van der Waals surface area contributed by atoms with E-state index in [0.717, 1.165) is 0 Å². The van der Waals surface area contributed by atoms with Gasteiger partial charge in [-0.3, -0.25) is 0 Å². The van der Waals surface area contributed by atoms with Crippen molar-refractivity contribution in [2.24, 2.45) is 0 Å². The highest BCUT2D eigenvalue weighted by molar-refractivity contribution is 7.17. The molecule has 0 bridgehead atoms. The Morgan fingerprint density at radius 3 is 1.45 bits per heavy atom. The summed E-state index contributed by atoms with van der Waals surface area (Å²) in [5.74, 6) is -0.210. The fourth-order valence-corrected chi connectivity index (χ4v) is 3.34. The molecule has 106 valence electrons. The van der Waals surface area contributed by atoms with Crippen molar-refractivity contribution in [2.45, 2.75) is 5.66 Å². The van der Waals surface area contributed by atoms with Gasteiger partial charge in [-0.2, -0.15) is 0 Å². The molecule has 0 spiro atoms. The van der Waals surface area contributed by atoms with Gasteiger partial charge in [0.15, 0.2) is 0 Å². The summed E-state index contributed by atoms with van der Waals surface area (Å²) in [6.07, 6.45) is 0. The molecule has 1 atom stereocenters. The van der Waals surface area contributed by atoms with Crippen molar-refractivity contribution in [3.63, 3.8) is 0 Å². The van der Waals surface area contributed by atoms with Gasteiger partial charge in [-0.1, -0.05) is 46.4 Å². The molecule has 7 heteroatoms. The molecule has 2 aromatic carbocycles. The van der Waals surface area contributed by atoms with Crippen LogP contribution in [0, 0.1) is 0 Å². The van der Waals surface area contributed by atoms with E-state index in [1.807, 2.05) is 0 Å². The van der Waals surface area contributed by atoms with Gasteiger partial charge >= 0.3 is 0 Å². The third-order valence-corrected chi connectivity index (χ3v) is 4.52. The SMILES string of the molecule is Oc1c(Cl)cc(Cl)cc1C(P)c1cc(Cl)cc(Cl)c1O. The summed E-state index contributed by atoms with van der Waals surface area (Å²) in [6.45, 7) is 0. The lowest BCUT2D eigenvalue weighted by Crippen LogP contribution is -1.95. The zero-order chi connectivity index (χ0) is 15.0. The number of benzene rings is 2. The van der Waals surface area contributed by atoms with E-state index in [2.05, 4.69) is 9.24 Å². The Morgan fingerprint density at radius 1 is 0.750 bits per heavy atom. The van der Waals surface area contributed by atoms with Crippen molar-refractivity contribution in [2.75, 3.05) is 0 Å². The number of phenols is 2. The number of hydrogen-bond acceptors (Lipinski definition) is 2. The van der Waals surface area contributed by atoms with Crippen LogP contribution in [0.25, 0.3) is 0 Å². The van der Waals surface area contributed by atoms with Crippen molar-refractivity contribution in [1.29, 1.82) is 0 Å². The van der Waals surface area contributed by atoms with E-state index in [1.54, 1.807) is 12.1 Å². The molecule has 2 nitrogen and oxygen atoms in total. The van der Waals surface area contributed by atoms with Gasteiger partial charge in [0.2, 0.25) is 0 Å². The second-order valence-corrected chi connectivity index (χ2v) is 6.48. The third kappa shape index (κ3) is 3.10. The number of halogens is 4. The van der Waals surface area contributed by atoms with Crippen molar-refractivity contribution in [3.05, 3.63) is 55.5 Å². The lowest BCUT2D eigenvalue weighted by Gasteiger charge is -2.17. The summed E-state index contributed by atoms with van der Waals surface area (Å²) < 4.78 is 0. The summed E-state index contributed by atoms with van der Waals surface area (Å²) in [6, 6.07) is 6.00. The molecule has 0 saturated carbocycles. The highest BCUT2D eigenvalue weighted by Crippen LogP contribution is 2.46. The quantitative estimate of drug-likeness (QED) is 0.669. The lowest BCUT2D eigenvalue weighted by atomic mass is 10.0. The molecule has 2 N–H and O–H groups in total. The first-order chi connectivity index (χ1) is 9.31. The van der Waals surface area contributed by atoms with E-state index in [1.165, 1.54) is 12.1 Å². The Kier molecular flexibility index (Phi) is 4.94.